The van der Waals surface area contributed by atoms with Crippen LogP contribution in [0.4, 0.5) is 0 Å². The van der Waals surface area contributed by atoms with E-state index in [-0.39, 0.29) is 18.2 Å². The van der Waals surface area contributed by atoms with Gasteiger partial charge in [0, 0.05) is 6.42 Å². The Morgan fingerprint density at radius 3 is 2.86 bits per heavy atom. The van der Waals surface area contributed by atoms with E-state index in [0.29, 0.717) is 24.3 Å². The van der Waals surface area contributed by atoms with Gasteiger partial charge in [0.2, 0.25) is 0 Å². The molecule has 76 valence electrons. The van der Waals surface area contributed by atoms with Gasteiger partial charge in [0.05, 0.1) is 18.2 Å². The number of carbonyl (C=O) groups is 1. The molecule has 4 heteroatoms. The molecular weight excluding hydrogens is 202 g/mol. The van der Waals surface area contributed by atoms with Crippen LogP contribution in [0.25, 0.3) is 0 Å². The first kappa shape index (κ1) is 11.0. The van der Waals surface area contributed by atoms with E-state index in [0.717, 1.165) is 0 Å². The highest BCUT2D eigenvalue weighted by atomic mass is 35.5. The van der Waals surface area contributed by atoms with Crippen LogP contribution < -0.4 is 10.5 Å². The molecule has 0 aliphatic carbocycles. The molecule has 1 aliphatic rings. The maximum absolute atomic E-state index is 11.6. The molecule has 0 radical (unpaired) electrons. The lowest BCUT2D eigenvalue weighted by atomic mass is 10.0. The number of benzene rings is 1. The molecule has 1 atom stereocenters. The number of carbonyl (C=O) groups excluding carboxylic acids is 1. The summed E-state index contributed by atoms with van der Waals surface area (Å²) >= 11 is 0. The van der Waals surface area contributed by atoms with Crippen molar-refractivity contribution in [3.63, 3.8) is 0 Å². The largest absolute Gasteiger partial charge is 0.493 e. The van der Waals surface area contributed by atoms with Gasteiger partial charge in [0.15, 0.2) is 5.78 Å². The zero-order valence-corrected chi connectivity index (χ0v) is 8.42. The zero-order chi connectivity index (χ0) is 9.26. The number of hydrogen-bond acceptors (Lipinski definition) is 3. The highest BCUT2D eigenvalue weighted by Crippen LogP contribution is 2.22. The topological polar surface area (TPSA) is 52.3 Å². The molecule has 1 aliphatic heterocycles. The lowest BCUT2D eigenvalue weighted by molar-refractivity contribution is 0.0960. The third-order valence-electron chi connectivity index (χ3n) is 2.18. The first-order valence-corrected chi connectivity index (χ1v) is 4.30. The van der Waals surface area contributed by atoms with Gasteiger partial charge in [-0.25, -0.2) is 0 Å². The smallest absolute Gasteiger partial charge is 0.183 e. The molecule has 1 unspecified atom stereocenters. The third kappa shape index (κ3) is 1.89. The number of fused-ring (bicyclic) bond motifs is 1. The molecule has 0 saturated carbocycles. The summed E-state index contributed by atoms with van der Waals surface area (Å²) in [4.78, 5) is 11.6. The lowest BCUT2D eigenvalue weighted by Gasteiger charge is -2.04. The van der Waals surface area contributed by atoms with Gasteiger partial charge >= 0.3 is 0 Å². The van der Waals surface area contributed by atoms with Crippen LogP contribution in [0.15, 0.2) is 24.3 Å². The van der Waals surface area contributed by atoms with Gasteiger partial charge in [-0.05, 0) is 12.1 Å². The van der Waals surface area contributed by atoms with Crippen molar-refractivity contribution in [2.24, 2.45) is 5.73 Å². The molecule has 1 aromatic carbocycles. The summed E-state index contributed by atoms with van der Waals surface area (Å²) < 4.78 is 5.39. The molecule has 0 fully saturated rings. The van der Waals surface area contributed by atoms with Crippen LogP contribution in [0.5, 0.6) is 5.75 Å². The molecule has 0 amide bonds. The third-order valence-corrected chi connectivity index (χ3v) is 2.18. The van der Waals surface area contributed by atoms with E-state index in [2.05, 4.69) is 0 Å². The van der Waals surface area contributed by atoms with E-state index in [9.17, 15) is 4.79 Å². The highest BCUT2D eigenvalue weighted by molar-refractivity contribution is 6.02. The van der Waals surface area contributed by atoms with Crippen LogP contribution in [-0.4, -0.2) is 18.4 Å². The Labute approximate surface area is 88.7 Å². The molecule has 0 spiro atoms. The van der Waals surface area contributed by atoms with Crippen molar-refractivity contribution in [2.75, 3.05) is 6.61 Å². The van der Waals surface area contributed by atoms with Crippen molar-refractivity contribution in [3.8, 4) is 5.75 Å². The van der Waals surface area contributed by atoms with Crippen LogP contribution in [0.2, 0.25) is 0 Å². The fraction of sp³-hybridized carbons (Fsp3) is 0.300. The number of hydrogen-bond donors (Lipinski definition) is 1. The molecule has 2 rings (SSSR count). The van der Waals surface area contributed by atoms with Gasteiger partial charge < -0.3 is 10.5 Å². The van der Waals surface area contributed by atoms with Gasteiger partial charge in [0.1, 0.15) is 5.75 Å². The van der Waals surface area contributed by atoms with Crippen LogP contribution >= 0.6 is 12.4 Å². The Hall–Kier alpha value is -1.06. The number of para-hydroxylation sites is 1. The summed E-state index contributed by atoms with van der Waals surface area (Å²) in [5, 5.41) is 0. The maximum atomic E-state index is 11.6. The van der Waals surface area contributed by atoms with Crippen LogP contribution in [0, 0.1) is 0 Å². The van der Waals surface area contributed by atoms with Crippen molar-refractivity contribution in [3.05, 3.63) is 29.8 Å². The van der Waals surface area contributed by atoms with E-state index in [1.165, 1.54) is 0 Å². The molecule has 1 heterocycles. The predicted octanol–water partition coefficient (Wildman–Crippen LogP) is 1.40. The van der Waals surface area contributed by atoms with Crippen molar-refractivity contribution < 1.29 is 9.53 Å². The van der Waals surface area contributed by atoms with Crippen LogP contribution in [0.3, 0.4) is 0 Å². The van der Waals surface area contributed by atoms with Gasteiger partial charge in [-0.3, -0.25) is 4.79 Å². The van der Waals surface area contributed by atoms with E-state index < -0.39 is 6.04 Å². The normalized spacial score (nSPS) is 20.1. The standard InChI is InChI=1S/C10H11NO2.ClH/c11-8-5-6-13-9-4-2-1-3-7(9)10(8)12;/h1-4,8H,5-6,11H2;1H. The van der Waals surface area contributed by atoms with Crippen molar-refractivity contribution >= 4 is 18.2 Å². The number of nitrogens with two attached hydrogens (primary N) is 1. The van der Waals surface area contributed by atoms with Gasteiger partial charge in [-0.1, -0.05) is 12.1 Å². The zero-order valence-electron chi connectivity index (χ0n) is 7.60. The summed E-state index contributed by atoms with van der Waals surface area (Å²) in [6.45, 7) is 0.518. The van der Waals surface area contributed by atoms with Crippen molar-refractivity contribution in [2.45, 2.75) is 12.5 Å². The summed E-state index contributed by atoms with van der Waals surface area (Å²) in [6, 6.07) is 6.80. The number of rotatable bonds is 0. The number of Topliss-reactive ketones (excluding diaryl/α,β-unsaturated/α-hetero) is 1. The van der Waals surface area contributed by atoms with E-state index in [1.54, 1.807) is 12.1 Å². The number of ether oxygens (including phenoxy) is 1. The maximum Gasteiger partial charge on any atom is 0.183 e. The van der Waals surface area contributed by atoms with Gasteiger partial charge in [-0.15, -0.1) is 12.4 Å². The van der Waals surface area contributed by atoms with Crippen molar-refractivity contribution in [1.82, 2.24) is 0 Å². The van der Waals surface area contributed by atoms with Gasteiger partial charge in [-0.2, -0.15) is 0 Å². The SMILES string of the molecule is Cl.NC1CCOc2ccccc2C1=O. The first-order valence-electron chi connectivity index (χ1n) is 4.30. The second kappa shape index (κ2) is 4.44. The summed E-state index contributed by atoms with van der Waals surface area (Å²) in [5.74, 6) is 0.633. The number of ketones is 1. The minimum absolute atomic E-state index is 0. The predicted molar refractivity (Wildman–Crippen MR) is 56.1 cm³/mol. The first-order chi connectivity index (χ1) is 6.29. The fourth-order valence-corrected chi connectivity index (χ4v) is 1.42. The molecule has 14 heavy (non-hydrogen) atoms. The Kier molecular flexibility index (Phi) is 3.49. The Balaban J connectivity index is 0.000000980. The average molecular weight is 214 g/mol. The quantitative estimate of drug-likeness (QED) is 0.709. The molecule has 0 saturated heterocycles. The fourth-order valence-electron chi connectivity index (χ4n) is 1.42. The Morgan fingerprint density at radius 1 is 1.36 bits per heavy atom. The molecule has 0 aromatic heterocycles. The van der Waals surface area contributed by atoms with Crippen LogP contribution in [0.1, 0.15) is 16.8 Å². The van der Waals surface area contributed by atoms with Gasteiger partial charge in [0.25, 0.3) is 0 Å². The molecule has 2 N–H and O–H groups in total. The molecule has 3 nitrogen and oxygen atoms in total. The van der Waals surface area contributed by atoms with Crippen molar-refractivity contribution in [1.29, 1.82) is 0 Å². The van der Waals surface area contributed by atoms with Crippen LogP contribution in [-0.2, 0) is 0 Å². The van der Waals surface area contributed by atoms with E-state index >= 15 is 0 Å². The lowest BCUT2D eigenvalue weighted by Crippen LogP contribution is -2.30. The average Bonchev–Trinajstić information content (AvgIpc) is 2.29. The van der Waals surface area contributed by atoms with E-state index in [1.807, 2.05) is 12.1 Å². The summed E-state index contributed by atoms with van der Waals surface area (Å²) in [7, 11) is 0. The second-order valence-corrected chi connectivity index (χ2v) is 3.10. The second-order valence-electron chi connectivity index (χ2n) is 3.10. The van der Waals surface area contributed by atoms with E-state index in [4.69, 9.17) is 10.5 Å². The number of halogens is 1. The Morgan fingerprint density at radius 2 is 2.07 bits per heavy atom. The Bertz CT molecular complexity index is 341. The minimum atomic E-state index is -0.413. The molecule has 0 bridgehead atoms. The highest BCUT2D eigenvalue weighted by Gasteiger charge is 2.22. The monoisotopic (exact) mass is 213 g/mol. The molecular formula is C10H12ClNO2. The summed E-state index contributed by atoms with van der Waals surface area (Å²) in [5.41, 5.74) is 6.27. The summed E-state index contributed by atoms with van der Waals surface area (Å²) in [6.07, 6.45) is 0.591. The minimum Gasteiger partial charge on any atom is -0.493 e. The molecule has 1 aromatic rings.